The molecule has 0 radical (unpaired) electrons. The van der Waals surface area contributed by atoms with Crippen molar-refractivity contribution in [1.29, 1.82) is 0 Å². The van der Waals surface area contributed by atoms with Crippen molar-refractivity contribution in [2.75, 3.05) is 6.54 Å². The van der Waals surface area contributed by atoms with Gasteiger partial charge in [-0.2, -0.15) is 0 Å². The number of rotatable bonds is 4. The number of halogens is 3. The molecule has 20 heavy (non-hydrogen) atoms. The largest absolute Gasteiger partial charge is 0.356 e. The lowest BCUT2D eigenvalue weighted by molar-refractivity contribution is -0.124. The molecule has 1 aliphatic carbocycles. The number of carbonyl (C=O) groups is 1. The minimum Gasteiger partial charge on any atom is -0.356 e. The molecule has 112 valence electrons. The smallest absolute Gasteiger partial charge is 0.223 e. The van der Waals surface area contributed by atoms with E-state index in [1.54, 1.807) is 12.1 Å². The van der Waals surface area contributed by atoms with Crippen LogP contribution >= 0.6 is 28.3 Å². The third-order valence-electron chi connectivity index (χ3n) is 3.55. The molecule has 0 saturated heterocycles. The summed E-state index contributed by atoms with van der Waals surface area (Å²) < 4.78 is 14.3. The van der Waals surface area contributed by atoms with Gasteiger partial charge in [-0.3, -0.25) is 4.79 Å². The van der Waals surface area contributed by atoms with Crippen LogP contribution in [0.4, 0.5) is 4.39 Å². The molecule has 3 nitrogen and oxygen atoms in total. The van der Waals surface area contributed by atoms with E-state index in [9.17, 15) is 9.18 Å². The van der Waals surface area contributed by atoms with Gasteiger partial charge >= 0.3 is 0 Å². The number of nitrogens with one attached hydrogen (secondary N) is 1. The Morgan fingerprint density at radius 3 is 2.85 bits per heavy atom. The Morgan fingerprint density at radius 1 is 1.45 bits per heavy atom. The molecule has 0 aliphatic heterocycles. The molecular formula is C14H19BrClFN2O. The van der Waals surface area contributed by atoms with Crippen molar-refractivity contribution in [2.45, 2.75) is 31.7 Å². The first kappa shape index (κ1) is 17.4. The molecule has 1 saturated carbocycles. The van der Waals surface area contributed by atoms with Crippen LogP contribution in [0.25, 0.3) is 0 Å². The van der Waals surface area contributed by atoms with E-state index in [2.05, 4.69) is 21.2 Å². The van der Waals surface area contributed by atoms with E-state index in [-0.39, 0.29) is 36.1 Å². The summed E-state index contributed by atoms with van der Waals surface area (Å²) in [6.45, 7) is 0.456. The van der Waals surface area contributed by atoms with Gasteiger partial charge in [0.25, 0.3) is 0 Å². The van der Waals surface area contributed by atoms with E-state index >= 15 is 0 Å². The number of carbonyl (C=O) groups excluding carboxylic acids is 1. The van der Waals surface area contributed by atoms with E-state index in [0.717, 1.165) is 23.7 Å². The standard InChI is InChI=1S/C14H18BrFN2O.ClH/c15-11-2-4-13(16)9(7-11)5-6-18-14(19)10-1-3-12(17)8-10;/h2,4,7,10,12H,1,3,5-6,8,17H2,(H,18,19);1H. The highest BCUT2D eigenvalue weighted by atomic mass is 79.9. The first-order valence-corrected chi connectivity index (χ1v) is 7.33. The average Bonchev–Trinajstić information content (AvgIpc) is 2.80. The Kier molecular flexibility index (Phi) is 6.92. The summed E-state index contributed by atoms with van der Waals surface area (Å²) in [6.07, 6.45) is 3.03. The quantitative estimate of drug-likeness (QED) is 0.862. The molecule has 0 aromatic heterocycles. The fourth-order valence-electron chi connectivity index (χ4n) is 2.45. The molecule has 2 unspecified atom stereocenters. The summed E-state index contributed by atoms with van der Waals surface area (Å²) in [5, 5.41) is 2.86. The van der Waals surface area contributed by atoms with Crippen LogP contribution in [-0.4, -0.2) is 18.5 Å². The van der Waals surface area contributed by atoms with Crippen molar-refractivity contribution in [3.63, 3.8) is 0 Å². The van der Waals surface area contributed by atoms with Crippen molar-refractivity contribution in [2.24, 2.45) is 11.7 Å². The first-order chi connectivity index (χ1) is 9.06. The summed E-state index contributed by atoms with van der Waals surface area (Å²) in [5.41, 5.74) is 6.39. The van der Waals surface area contributed by atoms with Crippen molar-refractivity contribution in [3.05, 3.63) is 34.1 Å². The Bertz CT molecular complexity index is 472. The van der Waals surface area contributed by atoms with E-state index in [4.69, 9.17) is 5.73 Å². The predicted molar refractivity (Wildman–Crippen MR) is 83.4 cm³/mol. The minimum atomic E-state index is -0.236. The molecule has 1 amide bonds. The molecular weight excluding hydrogens is 347 g/mol. The maximum atomic E-state index is 13.5. The van der Waals surface area contributed by atoms with Crippen molar-refractivity contribution >= 4 is 34.2 Å². The molecule has 2 atom stereocenters. The number of amides is 1. The van der Waals surface area contributed by atoms with Gasteiger partial charge < -0.3 is 11.1 Å². The molecule has 1 aromatic carbocycles. The highest BCUT2D eigenvalue weighted by Crippen LogP contribution is 2.24. The Labute approximate surface area is 133 Å². The van der Waals surface area contributed by atoms with Crippen LogP contribution in [0.2, 0.25) is 0 Å². The zero-order valence-electron chi connectivity index (χ0n) is 11.1. The van der Waals surface area contributed by atoms with Crippen LogP contribution < -0.4 is 11.1 Å². The molecule has 6 heteroatoms. The Balaban J connectivity index is 0.00000200. The van der Waals surface area contributed by atoms with E-state index < -0.39 is 0 Å². The van der Waals surface area contributed by atoms with Gasteiger partial charge in [-0.1, -0.05) is 15.9 Å². The minimum absolute atomic E-state index is 0. The summed E-state index contributed by atoms with van der Waals surface area (Å²) in [7, 11) is 0. The summed E-state index contributed by atoms with van der Waals surface area (Å²) >= 11 is 3.31. The molecule has 2 rings (SSSR count). The molecule has 3 N–H and O–H groups in total. The van der Waals surface area contributed by atoms with Crippen LogP contribution in [0, 0.1) is 11.7 Å². The maximum absolute atomic E-state index is 13.5. The number of nitrogens with two attached hydrogens (primary N) is 1. The predicted octanol–water partition coefficient (Wildman–Crippen LogP) is 2.80. The highest BCUT2D eigenvalue weighted by molar-refractivity contribution is 9.10. The SMILES string of the molecule is Cl.NC1CCC(C(=O)NCCc2cc(Br)ccc2F)C1. The Hall–Kier alpha value is -0.650. The lowest BCUT2D eigenvalue weighted by Crippen LogP contribution is -2.32. The monoisotopic (exact) mass is 364 g/mol. The molecule has 0 heterocycles. The van der Waals surface area contributed by atoms with Gasteiger partial charge in [0.15, 0.2) is 0 Å². The fourth-order valence-corrected chi connectivity index (χ4v) is 2.86. The normalized spacial score (nSPS) is 21.4. The average molecular weight is 366 g/mol. The first-order valence-electron chi connectivity index (χ1n) is 6.53. The number of hydrogen-bond acceptors (Lipinski definition) is 2. The molecule has 0 bridgehead atoms. The summed E-state index contributed by atoms with van der Waals surface area (Å²) in [4.78, 5) is 11.9. The van der Waals surface area contributed by atoms with Gasteiger partial charge in [0.2, 0.25) is 5.91 Å². The third kappa shape index (κ3) is 4.72. The van der Waals surface area contributed by atoms with Gasteiger partial charge in [-0.25, -0.2) is 4.39 Å². The second kappa shape index (κ2) is 7.96. The van der Waals surface area contributed by atoms with Crippen LogP contribution in [0.15, 0.2) is 22.7 Å². The van der Waals surface area contributed by atoms with E-state index in [0.29, 0.717) is 18.5 Å². The van der Waals surface area contributed by atoms with Crippen molar-refractivity contribution in [1.82, 2.24) is 5.32 Å². The van der Waals surface area contributed by atoms with Crippen LogP contribution in [0.3, 0.4) is 0 Å². The van der Waals surface area contributed by atoms with Gasteiger partial charge in [0.1, 0.15) is 5.82 Å². The maximum Gasteiger partial charge on any atom is 0.223 e. The number of hydrogen-bond donors (Lipinski definition) is 2. The third-order valence-corrected chi connectivity index (χ3v) is 4.04. The van der Waals surface area contributed by atoms with Gasteiger partial charge in [-0.05, 0) is 49.4 Å². The zero-order valence-corrected chi connectivity index (χ0v) is 13.5. The molecule has 1 aliphatic rings. The van der Waals surface area contributed by atoms with E-state index in [1.807, 2.05) is 0 Å². The van der Waals surface area contributed by atoms with Gasteiger partial charge in [0, 0.05) is 23.0 Å². The lowest BCUT2D eigenvalue weighted by Gasteiger charge is -2.11. The summed E-state index contributed by atoms with van der Waals surface area (Å²) in [6, 6.07) is 4.99. The van der Waals surface area contributed by atoms with E-state index in [1.165, 1.54) is 6.07 Å². The van der Waals surface area contributed by atoms with Crippen LogP contribution in [-0.2, 0) is 11.2 Å². The Morgan fingerprint density at radius 2 is 2.20 bits per heavy atom. The van der Waals surface area contributed by atoms with Crippen LogP contribution in [0.5, 0.6) is 0 Å². The molecule has 1 aromatic rings. The van der Waals surface area contributed by atoms with Gasteiger partial charge in [-0.15, -0.1) is 12.4 Å². The fraction of sp³-hybridized carbons (Fsp3) is 0.500. The van der Waals surface area contributed by atoms with Crippen molar-refractivity contribution < 1.29 is 9.18 Å². The zero-order chi connectivity index (χ0) is 13.8. The highest BCUT2D eigenvalue weighted by Gasteiger charge is 2.27. The van der Waals surface area contributed by atoms with Gasteiger partial charge in [0.05, 0.1) is 0 Å². The molecule has 1 fully saturated rings. The second-order valence-electron chi connectivity index (χ2n) is 5.05. The molecule has 0 spiro atoms. The summed E-state index contributed by atoms with van der Waals surface area (Å²) in [5.74, 6) is -0.161. The second-order valence-corrected chi connectivity index (χ2v) is 5.96. The lowest BCUT2D eigenvalue weighted by atomic mass is 10.1. The topological polar surface area (TPSA) is 55.1 Å². The van der Waals surface area contributed by atoms with Crippen LogP contribution in [0.1, 0.15) is 24.8 Å². The van der Waals surface area contributed by atoms with Crippen molar-refractivity contribution in [3.8, 4) is 0 Å². The number of benzene rings is 1.